The maximum atomic E-state index is 9.75. The van der Waals surface area contributed by atoms with Gasteiger partial charge in [-0.2, -0.15) is 0 Å². The van der Waals surface area contributed by atoms with E-state index in [4.69, 9.17) is 10.2 Å². The van der Waals surface area contributed by atoms with Crippen molar-refractivity contribution in [3.8, 4) is 0 Å². The summed E-state index contributed by atoms with van der Waals surface area (Å²) in [5, 5.41) is 15.7. The van der Waals surface area contributed by atoms with Gasteiger partial charge in [0.25, 0.3) is 0 Å². The molecular weight excluding hydrogens is 251 g/mol. The summed E-state index contributed by atoms with van der Waals surface area (Å²) in [5.41, 5.74) is 0. The minimum absolute atomic E-state index is 0. The predicted octanol–water partition coefficient (Wildman–Crippen LogP) is 0.120. The van der Waals surface area contributed by atoms with Gasteiger partial charge >= 0.3 is 101 Å². The van der Waals surface area contributed by atoms with Crippen LogP contribution < -0.4 is 0 Å². The first kappa shape index (κ1) is 25.2. The Morgan fingerprint density at radius 3 is 1.80 bits per heavy atom. The van der Waals surface area contributed by atoms with Gasteiger partial charge in [0.05, 0.1) is 0 Å². The molecule has 6 heteroatoms. The summed E-state index contributed by atoms with van der Waals surface area (Å²) in [6, 6.07) is 0. The van der Waals surface area contributed by atoms with Crippen LogP contribution in [0.3, 0.4) is 0 Å². The first-order valence-corrected chi connectivity index (χ1v) is 3.78. The van der Waals surface area contributed by atoms with Gasteiger partial charge in [0.15, 0.2) is 0 Å². The van der Waals surface area contributed by atoms with E-state index in [1.54, 1.807) is 19.1 Å². The van der Waals surface area contributed by atoms with Crippen LogP contribution in [0.4, 0.5) is 0 Å². The van der Waals surface area contributed by atoms with E-state index >= 15 is 0 Å². The first-order chi connectivity index (χ1) is 6.04. The molecule has 0 rings (SSSR count). The van der Waals surface area contributed by atoms with Crippen molar-refractivity contribution in [1.29, 1.82) is 0 Å². The predicted molar refractivity (Wildman–Crippen MR) is 65.2 cm³/mol. The van der Waals surface area contributed by atoms with Crippen LogP contribution in [0.1, 0.15) is 20.3 Å². The molecule has 0 aromatic carbocycles. The van der Waals surface area contributed by atoms with E-state index in [9.17, 15) is 9.59 Å². The van der Waals surface area contributed by atoms with Crippen molar-refractivity contribution in [3.63, 3.8) is 0 Å². The van der Waals surface area contributed by atoms with Crippen molar-refractivity contribution < 1.29 is 19.8 Å². The van der Waals surface area contributed by atoms with Gasteiger partial charge in [-0.15, -0.1) is 0 Å². The normalized spacial score (nSPS) is 8.40. The molecule has 0 aliphatic rings. The molecule has 0 fully saturated rings. The summed E-state index contributed by atoms with van der Waals surface area (Å²) in [5.74, 6) is -1.66. The monoisotopic (exact) mass is 268 g/mol. The average molecular weight is 268 g/mol. The number of allylic oxidation sites excluding steroid dienone is 3. The van der Waals surface area contributed by atoms with E-state index in [0.29, 0.717) is 0 Å². The van der Waals surface area contributed by atoms with Crippen molar-refractivity contribution in [2.75, 3.05) is 0 Å². The summed E-state index contributed by atoms with van der Waals surface area (Å²) < 4.78 is 0. The molecule has 15 heavy (non-hydrogen) atoms. The van der Waals surface area contributed by atoms with Gasteiger partial charge in [-0.3, -0.25) is 4.79 Å². The molecule has 0 amide bonds. The molecule has 0 spiro atoms. The van der Waals surface area contributed by atoms with E-state index in [1.807, 2.05) is 6.92 Å². The van der Waals surface area contributed by atoms with Crippen LogP contribution in [0.2, 0.25) is 0 Å². The minimum atomic E-state index is -0.914. The first-order valence-electron chi connectivity index (χ1n) is 3.78. The summed E-state index contributed by atoms with van der Waals surface area (Å²) in [6.45, 7) is 3.43. The standard InChI is InChI=1S/C6H8O2.C3H6O2.Ca.K.3H/c1-2-3-4-5-6(7)8;1-2-3(4)5;;;;;/h2-5H,1H3,(H,7,8);2H2,1H3,(H,4,5);;;;;/b3-2+,5-4+;;;;;;. The Bertz CT molecular complexity index is 214. The molecule has 0 aliphatic carbocycles. The molecule has 0 radical (unpaired) electrons. The van der Waals surface area contributed by atoms with Crippen LogP contribution in [0.5, 0.6) is 0 Å². The van der Waals surface area contributed by atoms with E-state index < -0.39 is 11.9 Å². The zero-order valence-electron chi connectivity index (χ0n) is 7.73. The fourth-order valence-corrected chi connectivity index (χ4v) is 0.249. The molecule has 0 atom stereocenters. The molecule has 0 saturated heterocycles. The second-order valence-corrected chi connectivity index (χ2v) is 1.97. The van der Waals surface area contributed by atoms with Crippen LogP contribution in [0.25, 0.3) is 0 Å². The molecule has 4 nitrogen and oxygen atoms in total. The van der Waals surface area contributed by atoms with Crippen LogP contribution >= 0.6 is 0 Å². The topological polar surface area (TPSA) is 74.6 Å². The Morgan fingerprint density at radius 2 is 1.60 bits per heavy atom. The van der Waals surface area contributed by atoms with Gasteiger partial charge in [-0.25, -0.2) is 4.79 Å². The van der Waals surface area contributed by atoms with Gasteiger partial charge in [0, 0.05) is 12.5 Å². The van der Waals surface area contributed by atoms with Gasteiger partial charge in [-0.05, 0) is 6.92 Å². The van der Waals surface area contributed by atoms with Crippen molar-refractivity contribution in [1.82, 2.24) is 0 Å². The number of rotatable bonds is 3. The zero-order chi connectivity index (χ0) is 10.7. The SMILES string of the molecule is C/C=C/C=C/C(=O)O.CCC(=O)O.[CaH2].[KH]. The van der Waals surface area contributed by atoms with Crippen molar-refractivity contribution in [2.24, 2.45) is 0 Å². The summed E-state index contributed by atoms with van der Waals surface area (Å²) in [6.07, 6.45) is 6.20. The third-order valence-corrected chi connectivity index (χ3v) is 0.845. The molecule has 80 valence electrons. The zero-order valence-corrected chi connectivity index (χ0v) is 7.73. The summed E-state index contributed by atoms with van der Waals surface area (Å²) in [7, 11) is 0. The van der Waals surface area contributed by atoms with Gasteiger partial charge in [-0.1, -0.05) is 25.2 Å². The van der Waals surface area contributed by atoms with Crippen molar-refractivity contribution in [2.45, 2.75) is 20.3 Å². The van der Waals surface area contributed by atoms with Crippen LogP contribution in [-0.4, -0.2) is 111 Å². The molecule has 0 bridgehead atoms. The molecule has 0 heterocycles. The number of aliphatic carboxylic acids is 2. The van der Waals surface area contributed by atoms with E-state index in [2.05, 4.69) is 0 Å². The molecule has 0 aromatic heterocycles. The molecule has 0 aromatic rings. The molecule has 0 aliphatic heterocycles. The van der Waals surface area contributed by atoms with Crippen LogP contribution in [0, 0.1) is 0 Å². The van der Waals surface area contributed by atoms with Crippen molar-refractivity contribution >= 4 is 101 Å². The van der Waals surface area contributed by atoms with Gasteiger partial charge in [0.1, 0.15) is 0 Å². The van der Waals surface area contributed by atoms with Gasteiger partial charge < -0.3 is 10.2 Å². The molecule has 2 N–H and O–H groups in total. The third kappa shape index (κ3) is 39.3. The Hall–Kier alpha value is 1.32. The summed E-state index contributed by atoms with van der Waals surface area (Å²) in [4.78, 5) is 19.1. The number of hydrogen-bond acceptors (Lipinski definition) is 2. The quantitative estimate of drug-likeness (QED) is 0.433. The second-order valence-electron chi connectivity index (χ2n) is 1.97. The van der Waals surface area contributed by atoms with E-state index in [1.165, 1.54) is 6.08 Å². The number of carboxylic acid groups (broad SMARTS) is 2. The second kappa shape index (κ2) is 20.7. The molecule has 0 saturated carbocycles. The fourth-order valence-electron chi connectivity index (χ4n) is 0.249. The number of carboxylic acids is 2. The third-order valence-electron chi connectivity index (χ3n) is 0.845. The van der Waals surface area contributed by atoms with Crippen LogP contribution in [0.15, 0.2) is 24.3 Å². The molecule has 0 unspecified atom stereocenters. The Kier molecular flexibility index (Phi) is 34.8. The maximum absolute atomic E-state index is 9.75. The Morgan fingerprint density at radius 1 is 1.20 bits per heavy atom. The van der Waals surface area contributed by atoms with Crippen LogP contribution in [-0.2, 0) is 9.59 Å². The Labute approximate surface area is 162 Å². The van der Waals surface area contributed by atoms with E-state index in [0.717, 1.165) is 6.08 Å². The summed E-state index contributed by atoms with van der Waals surface area (Å²) >= 11 is 0. The number of hydrogen-bond donors (Lipinski definition) is 2. The Balaban J connectivity index is -0.0000000770. The average Bonchev–Trinajstić information content (AvgIpc) is 2.05. The fraction of sp³-hybridized carbons (Fsp3) is 0.333. The van der Waals surface area contributed by atoms with E-state index in [-0.39, 0.29) is 95.5 Å². The van der Waals surface area contributed by atoms with Gasteiger partial charge in [0.2, 0.25) is 0 Å². The number of carbonyl (C=O) groups is 2. The molecular formula is C9H17CaKO4. The van der Waals surface area contributed by atoms with Crippen molar-refractivity contribution in [3.05, 3.63) is 24.3 Å².